The predicted molar refractivity (Wildman–Crippen MR) is 539 cm³/mol. The summed E-state index contributed by atoms with van der Waals surface area (Å²) >= 11 is 3.68. The molecule has 8 nitrogen and oxygen atoms in total. The number of para-hydroxylation sites is 4. The van der Waals surface area contributed by atoms with Gasteiger partial charge in [0.15, 0.2) is 0 Å². The molecule has 0 spiro atoms. The van der Waals surface area contributed by atoms with E-state index in [1.807, 2.05) is 30.3 Å². The normalized spacial score (nSPS) is 12.6. The number of anilines is 6. The van der Waals surface area contributed by atoms with Gasteiger partial charge in [-0.2, -0.15) is 0 Å². The summed E-state index contributed by atoms with van der Waals surface area (Å²) in [5, 5.41) is 16.6. The lowest BCUT2D eigenvalue weighted by Gasteiger charge is -2.28. The molecule has 2 aliphatic rings. The highest BCUT2D eigenvalue weighted by molar-refractivity contribution is 9.10. The molecule has 10 heteroatoms. The topological polar surface area (TPSA) is 55.7 Å². The molecule has 24 rings (SSSR count). The van der Waals surface area contributed by atoms with Crippen LogP contribution in [0.3, 0.4) is 0 Å². The van der Waals surface area contributed by atoms with E-state index in [2.05, 4.69) is 491 Å². The van der Waals surface area contributed by atoms with E-state index in [0.29, 0.717) is 13.4 Å². The quantitative estimate of drug-likeness (QED) is 0.104. The van der Waals surface area contributed by atoms with Crippen LogP contribution in [0.5, 0.6) is 5.75 Å². The Balaban J connectivity index is 0.000000124. The van der Waals surface area contributed by atoms with Crippen molar-refractivity contribution < 1.29 is 9.68 Å². The van der Waals surface area contributed by atoms with Crippen LogP contribution in [0.4, 0.5) is 34.1 Å². The molecule has 4 heterocycles. The lowest BCUT2D eigenvalue weighted by atomic mass is 9.82. The second-order valence-electron chi connectivity index (χ2n) is 34.1. The summed E-state index contributed by atoms with van der Waals surface area (Å²) in [5.74, 6) is 0.580. The summed E-state index contributed by atoms with van der Waals surface area (Å²) in [5.41, 5.74) is 36.1. The third-order valence-electron chi connectivity index (χ3n) is 26.1. The molecule has 611 valence electrons. The molecule has 4 aromatic heterocycles. The van der Waals surface area contributed by atoms with Crippen molar-refractivity contribution in [2.75, 3.05) is 9.80 Å². The van der Waals surface area contributed by atoms with Gasteiger partial charge in [0.25, 0.3) is 0 Å². The lowest BCUT2D eigenvalue weighted by molar-refractivity contribution is 0.454. The zero-order valence-electron chi connectivity index (χ0n) is 71.2. The summed E-state index contributed by atoms with van der Waals surface area (Å²) in [6, 6.07) is 156. The standard InChI is InChI=1S/C59H43N3.C33H27BNO2.C26H17BrN2/c1-59(2)53-21-13-12-20-49(53)50-32-31-48(39-54(50)59)61(46-27-22-41(23-28-46)40-14-6-3-7-15-40)47-29-24-42(25-30-47)43-26-33-56-52(38-43)58-51-36-37-60(44-16-8-4-9-17-44)55(51)34-35-57(58)62(56)45-18-10-5-11-19-45;1-33(2)31-11-7-6-10-29(31)30-21-18-27(22-32(30)33)35(26-16-19-28(20-17-26)37-34-36)25-14-12-24(13-15-25)23-8-4-3-5-9-23;27-18-11-12-24-22(17-18)26-21-15-16-28(19-7-3-1-4-8-19)23(21)13-14-25(26)29(24)20-9-5-2-6-10-20/h3-39H,1-2H3;3-22,36H,1-2H3;1-17H. The first-order valence-electron chi connectivity index (χ1n) is 43.7. The predicted octanol–water partition coefficient (Wildman–Crippen LogP) is 31.4. The Labute approximate surface area is 754 Å². The van der Waals surface area contributed by atoms with Gasteiger partial charge in [-0.15, -0.1) is 0 Å². The average molecular weight is 1710 g/mol. The highest BCUT2D eigenvalue weighted by Crippen LogP contribution is 2.54. The maximum absolute atomic E-state index is 9.03. The molecule has 2 aliphatic carbocycles. The van der Waals surface area contributed by atoms with Crippen LogP contribution in [0.15, 0.2) is 454 Å². The monoisotopic (exact) mass is 1710 g/mol. The van der Waals surface area contributed by atoms with Crippen molar-refractivity contribution >= 4 is 123 Å². The third-order valence-corrected chi connectivity index (χ3v) is 26.6. The Morgan fingerprint density at radius 3 is 0.984 bits per heavy atom. The lowest BCUT2D eigenvalue weighted by Crippen LogP contribution is -2.16. The summed E-state index contributed by atoms with van der Waals surface area (Å²) in [4.78, 5) is 4.67. The van der Waals surface area contributed by atoms with E-state index in [-0.39, 0.29) is 10.8 Å². The number of hydrogen-bond acceptors (Lipinski definition) is 4. The van der Waals surface area contributed by atoms with Gasteiger partial charge in [0.05, 0.1) is 33.1 Å². The SMILES string of the molecule is Brc1ccc2c(c1)c1c3ccn(-c4ccccc4)c3ccc1n2-c1ccccc1.CC1(C)c2ccccc2-c2ccc(N(c3ccc(-c4ccccc4)cc3)c3ccc(-c4ccc5c(c4)c4c6ccn(-c7ccccc7)c6ccc4n5-c4ccccc4)cc3)cc21.CC1(C)c2ccccc2-c2ccc(N(c3ccc(O[B]O)cc3)c3ccc(-c4ccccc4)cc3)cc21. The molecule has 0 bridgehead atoms. The van der Waals surface area contributed by atoms with Crippen LogP contribution >= 0.6 is 15.9 Å². The number of aromatic nitrogens is 4. The minimum atomic E-state index is -0.105. The fourth-order valence-corrected chi connectivity index (χ4v) is 20.3. The highest BCUT2D eigenvalue weighted by Gasteiger charge is 2.38. The van der Waals surface area contributed by atoms with Gasteiger partial charge in [-0.05, 0) is 278 Å². The van der Waals surface area contributed by atoms with Gasteiger partial charge in [-0.1, -0.05) is 280 Å². The van der Waals surface area contributed by atoms with Gasteiger partial charge >= 0.3 is 7.69 Å². The van der Waals surface area contributed by atoms with Crippen molar-refractivity contribution in [1.82, 2.24) is 18.3 Å². The molecule has 1 radical (unpaired) electrons. The van der Waals surface area contributed by atoms with Crippen LogP contribution < -0.4 is 14.5 Å². The Morgan fingerprint density at radius 2 is 0.570 bits per heavy atom. The Bertz CT molecular complexity index is 7910. The van der Waals surface area contributed by atoms with Crippen LogP contribution in [0.1, 0.15) is 49.9 Å². The second kappa shape index (κ2) is 32.6. The van der Waals surface area contributed by atoms with Crippen LogP contribution in [-0.2, 0) is 10.8 Å². The highest BCUT2D eigenvalue weighted by atomic mass is 79.9. The molecule has 0 fully saturated rings. The number of benzene rings is 18. The molecule has 22 aromatic rings. The molecule has 0 unspecified atom stereocenters. The van der Waals surface area contributed by atoms with Crippen molar-refractivity contribution in [1.29, 1.82) is 0 Å². The zero-order valence-corrected chi connectivity index (χ0v) is 72.8. The first kappa shape index (κ1) is 78.5. The minimum absolute atomic E-state index is 0.0839. The van der Waals surface area contributed by atoms with E-state index < -0.39 is 0 Å². The van der Waals surface area contributed by atoms with E-state index in [1.54, 1.807) is 0 Å². The molecular weight excluding hydrogens is 1620 g/mol. The van der Waals surface area contributed by atoms with Crippen LogP contribution in [0.25, 0.3) is 144 Å². The summed E-state index contributed by atoms with van der Waals surface area (Å²) in [6.07, 6.45) is 4.37. The molecule has 0 amide bonds. The molecule has 0 saturated heterocycles. The van der Waals surface area contributed by atoms with Crippen LogP contribution in [0, 0.1) is 0 Å². The summed E-state index contributed by atoms with van der Waals surface area (Å²) in [7, 11) is 0.704. The fourth-order valence-electron chi connectivity index (χ4n) is 19.9. The van der Waals surface area contributed by atoms with Crippen LogP contribution in [0.2, 0.25) is 0 Å². The van der Waals surface area contributed by atoms with Crippen molar-refractivity contribution in [3.8, 4) is 84.1 Å². The van der Waals surface area contributed by atoms with Gasteiger partial charge < -0.3 is 37.7 Å². The van der Waals surface area contributed by atoms with Crippen molar-refractivity contribution in [3.63, 3.8) is 0 Å². The third kappa shape index (κ3) is 13.8. The minimum Gasteiger partial charge on any atom is -0.537 e. The van der Waals surface area contributed by atoms with E-state index in [4.69, 9.17) is 9.68 Å². The van der Waals surface area contributed by atoms with Gasteiger partial charge in [-0.25, -0.2) is 0 Å². The fraction of sp³-hybridized carbons (Fsp3) is 0.0508. The van der Waals surface area contributed by atoms with Crippen molar-refractivity contribution in [3.05, 3.63) is 476 Å². The van der Waals surface area contributed by atoms with Gasteiger partial charge in [0.1, 0.15) is 5.75 Å². The molecular formula is C118H87BBrN6O2. The number of rotatable bonds is 15. The maximum Gasteiger partial charge on any atom is 0.569 e. The molecule has 1 N–H and O–H groups in total. The van der Waals surface area contributed by atoms with Gasteiger partial charge in [-0.3, -0.25) is 0 Å². The van der Waals surface area contributed by atoms with E-state index in [0.717, 1.165) is 50.0 Å². The molecule has 0 atom stereocenters. The molecule has 18 aromatic carbocycles. The van der Waals surface area contributed by atoms with Gasteiger partial charge in [0.2, 0.25) is 0 Å². The molecule has 0 aliphatic heterocycles. The van der Waals surface area contributed by atoms with E-state index in [1.165, 1.54) is 155 Å². The molecule has 0 saturated carbocycles. The largest absolute Gasteiger partial charge is 0.569 e. The Morgan fingerprint density at radius 1 is 0.258 bits per heavy atom. The maximum atomic E-state index is 9.03. The van der Waals surface area contributed by atoms with E-state index >= 15 is 0 Å². The summed E-state index contributed by atoms with van der Waals surface area (Å²) < 4.78 is 15.6. The van der Waals surface area contributed by atoms with Crippen molar-refractivity contribution in [2.24, 2.45) is 0 Å². The van der Waals surface area contributed by atoms with Gasteiger partial charge in [0, 0.05) is 117 Å². The first-order valence-corrected chi connectivity index (χ1v) is 44.4. The number of fused-ring (bicyclic) bond motifs is 16. The Hall–Kier alpha value is -15.5. The Kier molecular flexibility index (Phi) is 20.0. The smallest absolute Gasteiger partial charge is 0.537 e. The number of hydrogen-bond donors (Lipinski definition) is 1. The second-order valence-corrected chi connectivity index (χ2v) is 35.0. The molecule has 128 heavy (non-hydrogen) atoms. The average Bonchev–Trinajstić information content (AvgIpc) is 1.58. The summed E-state index contributed by atoms with van der Waals surface area (Å²) in [6.45, 7) is 9.32. The first-order chi connectivity index (χ1) is 62.9. The van der Waals surface area contributed by atoms with Crippen molar-refractivity contribution in [2.45, 2.75) is 38.5 Å². The van der Waals surface area contributed by atoms with Crippen LogP contribution in [-0.4, -0.2) is 31.0 Å². The van der Waals surface area contributed by atoms with E-state index in [9.17, 15) is 0 Å². The zero-order chi connectivity index (χ0) is 86.1. The number of nitrogens with zero attached hydrogens (tertiary/aromatic N) is 6. The number of halogens is 1.